The van der Waals surface area contributed by atoms with Gasteiger partial charge < -0.3 is 14.7 Å². The summed E-state index contributed by atoms with van der Waals surface area (Å²) in [5.41, 5.74) is 10.3. The molecule has 214 valence electrons. The second-order valence-electron chi connectivity index (χ2n) is 11.7. The number of phenolic OH excluding ortho intramolecular Hbond substituents is 1. The molecular formula is C39H31N3O2. The summed E-state index contributed by atoms with van der Waals surface area (Å²) in [5.74, 6) is 2.14. The van der Waals surface area contributed by atoms with Gasteiger partial charge in [0.15, 0.2) is 0 Å². The second-order valence-corrected chi connectivity index (χ2v) is 11.7. The highest BCUT2D eigenvalue weighted by molar-refractivity contribution is 6.13. The van der Waals surface area contributed by atoms with Crippen molar-refractivity contribution in [1.82, 2.24) is 4.98 Å². The van der Waals surface area contributed by atoms with Crippen LogP contribution < -0.4 is 9.64 Å². The van der Waals surface area contributed by atoms with Gasteiger partial charge in [0.25, 0.3) is 0 Å². The molecule has 5 nitrogen and oxygen atoms in total. The van der Waals surface area contributed by atoms with E-state index in [1.54, 1.807) is 6.07 Å². The van der Waals surface area contributed by atoms with E-state index in [1.165, 1.54) is 39.1 Å². The number of anilines is 1. The minimum absolute atomic E-state index is 0.0307. The fourth-order valence-electron chi connectivity index (χ4n) is 6.92. The summed E-state index contributed by atoms with van der Waals surface area (Å²) in [6, 6.07) is 41.3. The number of hydrogen-bond donors (Lipinski definition) is 1. The summed E-state index contributed by atoms with van der Waals surface area (Å²) in [4.78, 5) is 12.6. The fraction of sp³-hybridized carbons (Fsp3) is 0.128. The van der Waals surface area contributed by atoms with Crippen LogP contribution in [-0.4, -0.2) is 22.0 Å². The molecular weight excluding hydrogens is 542 g/mol. The van der Waals surface area contributed by atoms with E-state index in [2.05, 4.69) is 96.5 Å². The number of aryl methyl sites for hydroxylation is 2. The van der Waals surface area contributed by atoms with E-state index in [9.17, 15) is 5.11 Å². The first-order valence-corrected chi connectivity index (χ1v) is 15.0. The smallest absolute Gasteiger partial charge is 0.219 e. The van der Waals surface area contributed by atoms with Crippen LogP contribution in [-0.2, 0) is 6.42 Å². The molecule has 8 rings (SSSR count). The third-order valence-corrected chi connectivity index (χ3v) is 8.84. The maximum atomic E-state index is 10.3. The topological polar surface area (TPSA) is 58.0 Å². The number of ether oxygens (including phenoxy) is 1. The summed E-state index contributed by atoms with van der Waals surface area (Å²) >= 11 is 0. The van der Waals surface area contributed by atoms with Crippen molar-refractivity contribution in [3.63, 3.8) is 0 Å². The van der Waals surface area contributed by atoms with Crippen molar-refractivity contribution in [2.75, 3.05) is 4.90 Å². The first-order chi connectivity index (χ1) is 21.5. The quantitative estimate of drug-likeness (QED) is 0.229. The van der Waals surface area contributed by atoms with Gasteiger partial charge in [-0.2, -0.15) is 0 Å². The van der Waals surface area contributed by atoms with Crippen LogP contribution in [0.4, 0.5) is 5.69 Å². The van der Waals surface area contributed by atoms with Crippen molar-refractivity contribution in [2.24, 2.45) is 4.99 Å². The lowest BCUT2D eigenvalue weighted by Crippen LogP contribution is -2.35. The van der Waals surface area contributed by atoms with Crippen molar-refractivity contribution in [3.8, 4) is 28.5 Å². The third kappa shape index (κ3) is 4.32. The van der Waals surface area contributed by atoms with E-state index >= 15 is 0 Å². The monoisotopic (exact) mass is 573 g/mol. The Balaban J connectivity index is 1.26. The Hall–Kier alpha value is -5.42. The summed E-state index contributed by atoms with van der Waals surface area (Å²) < 4.78 is 6.28. The molecule has 0 amide bonds. The van der Waals surface area contributed by atoms with Crippen LogP contribution in [0.25, 0.3) is 22.0 Å². The van der Waals surface area contributed by atoms with Crippen LogP contribution >= 0.6 is 0 Å². The van der Waals surface area contributed by atoms with Crippen LogP contribution in [0.15, 0.2) is 126 Å². The molecule has 0 saturated heterocycles. The first kappa shape index (κ1) is 26.2. The van der Waals surface area contributed by atoms with Crippen molar-refractivity contribution in [2.45, 2.75) is 32.4 Å². The number of fused-ring (bicyclic) bond motifs is 6. The molecule has 5 aromatic carbocycles. The van der Waals surface area contributed by atoms with Crippen LogP contribution in [0.2, 0.25) is 0 Å². The number of pyridine rings is 1. The Morgan fingerprint density at radius 1 is 0.750 bits per heavy atom. The summed E-state index contributed by atoms with van der Waals surface area (Å²) in [7, 11) is 0. The highest BCUT2D eigenvalue weighted by Gasteiger charge is 2.42. The minimum Gasteiger partial charge on any atom is -0.506 e. The zero-order valence-electron chi connectivity index (χ0n) is 24.6. The molecule has 1 aliphatic carbocycles. The number of benzene rings is 5. The Morgan fingerprint density at radius 3 is 2.36 bits per heavy atom. The Kier molecular flexibility index (Phi) is 6.19. The molecule has 0 fully saturated rings. The Labute approximate surface area is 256 Å². The lowest BCUT2D eigenvalue weighted by Gasteiger charge is -2.33. The molecule has 0 radical (unpaired) electrons. The van der Waals surface area contributed by atoms with E-state index in [4.69, 9.17) is 9.73 Å². The molecule has 44 heavy (non-hydrogen) atoms. The van der Waals surface area contributed by atoms with Gasteiger partial charge in [0.2, 0.25) is 5.88 Å². The number of aliphatic imine (C=N–C) groups is 1. The molecule has 1 N–H and O–H groups in total. The normalized spacial score (nSPS) is 17.0. The van der Waals surface area contributed by atoms with E-state index in [1.807, 2.05) is 42.5 Å². The van der Waals surface area contributed by atoms with Gasteiger partial charge in [-0.05, 0) is 77.9 Å². The molecule has 6 aromatic rings. The van der Waals surface area contributed by atoms with Gasteiger partial charge in [-0.15, -0.1) is 0 Å². The zero-order chi connectivity index (χ0) is 29.8. The molecule has 2 heterocycles. The van der Waals surface area contributed by atoms with Crippen LogP contribution in [0.5, 0.6) is 17.4 Å². The zero-order valence-corrected chi connectivity index (χ0v) is 24.6. The average Bonchev–Trinajstić information content (AvgIpc) is 3.33. The Bertz CT molecular complexity index is 2080. The number of phenols is 1. The van der Waals surface area contributed by atoms with E-state index in [0.29, 0.717) is 17.1 Å². The first-order valence-electron chi connectivity index (χ1n) is 15.0. The summed E-state index contributed by atoms with van der Waals surface area (Å²) in [6.07, 6.45) is 0.848. The predicted octanol–water partition coefficient (Wildman–Crippen LogP) is 8.95. The number of aromatic nitrogens is 1. The predicted molar refractivity (Wildman–Crippen MR) is 177 cm³/mol. The van der Waals surface area contributed by atoms with Gasteiger partial charge in [0, 0.05) is 22.7 Å². The van der Waals surface area contributed by atoms with Gasteiger partial charge >= 0.3 is 0 Å². The van der Waals surface area contributed by atoms with Gasteiger partial charge in [-0.1, -0.05) is 91.0 Å². The third-order valence-electron chi connectivity index (χ3n) is 8.84. The number of nitrogens with zero attached hydrogens (tertiary/aromatic N) is 3. The largest absolute Gasteiger partial charge is 0.506 e. The van der Waals surface area contributed by atoms with E-state index in [0.717, 1.165) is 23.2 Å². The van der Waals surface area contributed by atoms with E-state index in [-0.39, 0.29) is 17.8 Å². The van der Waals surface area contributed by atoms with Gasteiger partial charge in [0.1, 0.15) is 22.9 Å². The molecule has 2 aliphatic rings. The van der Waals surface area contributed by atoms with Crippen molar-refractivity contribution >= 4 is 22.4 Å². The van der Waals surface area contributed by atoms with E-state index < -0.39 is 0 Å². The maximum absolute atomic E-state index is 10.3. The molecule has 0 unspecified atom stereocenters. The molecule has 1 aliphatic heterocycles. The van der Waals surface area contributed by atoms with Crippen LogP contribution in [0.1, 0.15) is 33.9 Å². The molecule has 0 saturated carbocycles. The molecule has 0 spiro atoms. The average molecular weight is 574 g/mol. The number of aromatic hydroxyl groups is 1. The fourth-order valence-corrected chi connectivity index (χ4v) is 6.92. The highest BCUT2D eigenvalue weighted by Crippen LogP contribution is 2.47. The van der Waals surface area contributed by atoms with Gasteiger partial charge in [-0.3, -0.25) is 4.99 Å². The van der Waals surface area contributed by atoms with Crippen LogP contribution in [0.3, 0.4) is 0 Å². The number of rotatable bonds is 4. The van der Waals surface area contributed by atoms with Gasteiger partial charge in [-0.25, -0.2) is 4.98 Å². The highest BCUT2D eigenvalue weighted by atomic mass is 16.5. The van der Waals surface area contributed by atoms with Gasteiger partial charge in [0.05, 0.1) is 12.1 Å². The van der Waals surface area contributed by atoms with Crippen molar-refractivity contribution in [1.29, 1.82) is 0 Å². The number of para-hydroxylation sites is 2. The molecule has 2 atom stereocenters. The number of hydrogen-bond acceptors (Lipinski definition) is 5. The van der Waals surface area contributed by atoms with Crippen molar-refractivity contribution in [3.05, 3.63) is 149 Å². The van der Waals surface area contributed by atoms with Crippen LogP contribution in [0, 0.1) is 13.8 Å². The lowest BCUT2D eigenvalue weighted by atomic mass is 9.93. The Morgan fingerprint density at radius 2 is 1.50 bits per heavy atom. The molecule has 1 aromatic heterocycles. The standard InChI is InChI=1S/C39H31N3O2/c1-24-10-7-11-25(2)37(24)42-38-32-18-6-5-17-31(32)30-16-4-3-12-27(30)23-33(38)40-39(42)28-14-8-15-29(22-28)44-35-21-20-26-13-9-19-34(43)36(26)41-35/h3-22,33,38,43H,23H2,1-2H3/t33-,38-/m0/s1. The van der Waals surface area contributed by atoms with Crippen molar-refractivity contribution < 1.29 is 9.84 Å². The lowest BCUT2D eigenvalue weighted by molar-refractivity contribution is 0.460. The second kappa shape index (κ2) is 10.4. The molecule has 5 heteroatoms. The molecule has 0 bridgehead atoms. The summed E-state index contributed by atoms with van der Waals surface area (Å²) in [5, 5.41) is 11.2. The number of amidine groups is 1. The summed E-state index contributed by atoms with van der Waals surface area (Å²) in [6.45, 7) is 4.37. The maximum Gasteiger partial charge on any atom is 0.219 e. The minimum atomic E-state index is 0.0307. The SMILES string of the molecule is Cc1cccc(C)c1N1C(c2cccc(Oc3ccc4cccc(O)c4n3)c2)=N[C@H]2Cc3ccccc3-c3ccccc3[C@@H]21.